The molecule has 0 spiro atoms. The van der Waals surface area contributed by atoms with E-state index >= 15 is 0 Å². The average Bonchev–Trinajstić information content (AvgIpc) is 3.26. The standard InChI is InChI=1S/C49H55N3O6/c1-3-5-7-9-11-16-34-55-44-29-21-39(22-30-44)48(53)57-46-33-20-38(37-50-41-25-27-43(28-26-41)52-51-42-18-14-13-15-19-42)36-47(46)58-49(54)40-23-31-45(32-24-40)56-35-17-12-10-8-6-4-2/h13-15,18-33,36-37H,3-12,16-17,34-35H2,1-2H3. The van der Waals surface area contributed by atoms with Gasteiger partial charge in [-0.2, -0.15) is 10.2 Å². The van der Waals surface area contributed by atoms with Crippen molar-refractivity contribution in [2.75, 3.05) is 13.2 Å². The third-order valence-corrected chi connectivity index (χ3v) is 9.34. The molecule has 58 heavy (non-hydrogen) atoms. The van der Waals surface area contributed by atoms with Gasteiger partial charge in [-0.05, 0) is 122 Å². The number of azo groups is 1. The minimum absolute atomic E-state index is 0.0706. The maximum atomic E-state index is 13.4. The van der Waals surface area contributed by atoms with Crippen LogP contribution in [0.5, 0.6) is 23.0 Å². The third-order valence-electron chi connectivity index (χ3n) is 9.34. The van der Waals surface area contributed by atoms with Crippen LogP contribution in [0.2, 0.25) is 0 Å². The van der Waals surface area contributed by atoms with Crippen LogP contribution in [0.3, 0.4) is 0 Å². The van der Waals surface area contributed by atoms with Gasteiger partial charge in [0.25, 0.3) is 0 Å². The summed E-state index contributed by atoms with van der Waals surface area (Å²) >= 11 is 0. The second kappa shape index (κ2) is 24.5. The minimum Gasteiger partial charge on any atom is -0.494 e. The average molecular weight is 782 g/mol. The lowest BCUT2D eigenvalue weighted by molar-refractivity contribution is 0.0682. The maximum absolute atomic E-state index is 13.4. The Kier molecular flexibility index (Phi) is 18.2. The fourth-order valence-corrected chi connectivity index (χ4v) is 5.97. The molecule has 0 bridgehead atoms. The first kappa shape index (κ1) is 43.0. The summed E-state index contributed by atoms with van der Waals surface area (Å²) in [5.74, 6) is 0.322. The van der Waals surface area contributed by atoms with Crippen molar-refractivity contribution >= 4 is 35.2 Å². The zero-order valence-electron chi connectivity index (χ0n) is 33.8. The summed E-state index contributed by atoms with van der Waals surface area (Å²) in [5.41, 5.74) is 3.42. The van der Waals surface area contributed by atoms with Crippen molar-refractivity contribution in [1.29, 1.82) is 0 Å². The second-order valence-electron chi connectivity index (χ2n) is 14.1. The molecule has 0 atom stereocenters. The summed E-state index contributed by atoms with van der Waals surface area (Å²) < 4.78 is 23.4. The normalized spacial score (nSPS) is 11.2. The lowest BCUT2D eigenvalue weighted by Crippen LogP contribution is -2.13. The second-order valence-corrected chi connectivity index (χ2v) is 14.1. The Hall–Kier alpha value is -6.09. The van der Waals surface area contributed by atoms with Crippen LogP contribution in [0.15, 0.2) is 137 Å². The third kappa shape index (κ3) is 15.1. The molecule has 5 aromatic carbocycles. The van der Waals surface area contributed by atoms with Gasteiger partial charge in [0.2, 0.25) is 0 Å². The molecule has 0 unspecified atom stereocenters. The quantitative estimate of drug-likeness (QED) is 0.0203. The summed E-state index contributed by atoms with van der Waals surface area (Å²) in [5, 5.41) is 8.54. The molecule has 9 heteroatoms. The van der Waals surface area contributed by atoms with E-state index in [0.717, 1.165) is 31.4 Å². The Balaban J connectivity index is 1.24. The Morgan fingerprint density at radius 2 is 0.948 bits per heavy atom. The van der Waals surface area contributed by atoms with Crippen molar-refractivity contribution in [3.8, 4) is 23.0 Å². The lowest BCUT2D eigenvalue weighted by atomic mass is 10.1. The molecule has 302 valence electrons. The molecular formula is C49H55N3O6. The van der Waals surface area contributed by atoms with Gasteiger partial charge in [0.05, 0.1) is 41.4 Å². The number of esters is 2. The maximum Gasteiger partial charge on any atom is 0.343 e. The van der Waals surface area contributed by atoms with Crippen LogP contribution >= 0.6 is 0 Å². The molecule has 0 aliphatic heterocycles. The first-order valence-corrected chi connectivity index (χ1v) is 20.7. The highest BCUT2D eigenvalue weighted by molar-refractivity contribution is 5.94. The van der Waals surface area contributed by atoms with Gasteiger partial charge < -0.3 is 18.9 Å². The fourth-order valence-electron chi connectivity index (χ4n) is 5.97. The highest BCUT2D eigenvalue weighted by Gasteiger charge is 2.18. The van der Waals surface area contributed by atoms with Crippen LogP contribution in [0.25, 0.3) is 0 Å². The molecule has 0 fully saturated rings. The van der Waals surface area contributed by atoms with Crippen molar-refractivity contribution in [2.24, 2.45) is 15.2 Å². The summed E-state index contributed by atoms with van der Waals surface area (Å²) in [4.78, 5) is 31.3. The summed E-state index contributed by atoms with van der Waals surface area (Å²) in [6.07, 6.45) is 15.8. The lowest BCUT2D eigenvalue weighted by Gasteiger charge is -2.12. The summed E-state index contributed by atoms with van der Waals surface area (Å²) in [7, 11) is 0. The Morgan fingerprint density at radius 1 is 0.483 bits per heavy atom. The molecule has 5 rings (SSSR count). The van der Waals surface area contributed by atoms with Crippen molar-refractivity contribution in [2.45, 2.75) is 90.9 Å². The van der Waals surface area contributed by atoms with E-state index < -0.39 is 11.9 Å². The molecule has 0 saturated carbocycles. The molecule has 0 aliphatic carbocycles. The van der Waals surface area contributed by atoms with Crippen molar-refractivity contribution in [1.82, 2.24) is 0 Å². The minimum atomic E-state index is -0.610. The summed E-state index contributed by atoms with van der Waals surface area (Å²) in [6.45, 7) is 5.67. The van der Waals surface area contributed by atoms with Crippen LogP contribution in [-0.4, -0.2) is 31.4 Å². The number of benzene rings is 5. The Morgan fingerprint density at radius 3 is 1.48 bits per heavy atom. The molecule has 5 aromatic rings. The van der Waals surface area contributed by atoms with Gasteiger partial charge in [0.15, 0.2) is 11.5 Å². The molecule has 0 radical (unpaired) electrons. The van der Waals surface area contributed by atoms with Gasteiger partial charge in [-0.1, -0.05) is 96.3 Å². The molecule has 0 aliphatic rings. The molecule has 0 heterocycles. The first-order valence-electron chi connectivity index (χ1n) is 20.7. The smallest absolute Gasteiger partial charge is 0.343 e. The highest BCUT2D eigenvalue weighted by Crippen LogP contribution is 2.31. The number of unbranched alkanes of at least 4 members (excludes halogenated alkanes) is 10. The Bertz CT molecular complexity index is 2030. The van der Waals surface area contributed by atoms with Crippen molar-refractivity contribution in [3.63, 3.8) is 0 Å². The number of nitrogens with zero attached hydrogens (tertiary/aromatic N) is 3. The van der Waals surface area contributed by atoms with Crippen molar-refractivity contribution in [3.05, 3.63) is 138 Å². The number of ether oxygens (including phenoxy) is 4. The fraction of sp³-hybridized carbons (Fsp3) is 0.327. The number of rotatable bonds is 24. The van der Waals surface area contributed by atoms with Crippen LogP contribution in [0.4, 0.5) is 17.1 Å². The largest absolute Gasteiger partial charge is 0.494 e. The van der Waals surface area contributed by atoms with E-state index in [9.17, 15) is 9.59 Å². The zero-order chi connectivity index (χ0) is 40.6. The predicted octanol–water partition coefficient (Wildman–Crippen LogP) is 13.8. The Labute approximate surface area is 343 Å². The van der Waals surface area contributed by atoms with Crippen LogP contribution in [0, 0.1) is 0 Å². The topological polar surface area (TPSA) is 108 Å². The van der Waals surface area contributed by atoms with Gasteiger partial charge in [0, 0.05) is 6.21 Å². The number of carbonyl (C=O) groups excluding carboxylic acids is 2. The van der Waals surface area contributed by atoms with Gasteiger partial charge in [-0.3, -0.25) is 4.99 Å². The van der Waals surface area contributed by atoms with E-state index in [2.05, 4.69) is 29.1 Å². The van der Waals surface area contributed by atoms with E-state index in [-0.39, 0.29) is 11.5 Å². The molecule has 0 aromatic heterocycles. The van der Waals surface area contributed by atoms with E-state index in [1.807, 2.05) is 54.6 Å². The molecule has 9 nitrogen and oxygen atoms in total. The molecule has 0 N–H and O–H groups in total. The number of hydrogen-bond acceptors (Lipinski definition) is 9. The predicted molar refractivity (Wildman–Crippen MR) is 231 cm³/mol. The number of hydrogen-bond donors (Lipinski definition) is 0. The van der Waals surface area contributed by atoms with E-state index in [0.29, 0.717) is 52.8 Å². The van der Waals surface area contributed by atoms with Gasteiger partial charge in [-0.15, -0.1) is 0 Å². The first-order chi connectivity index (χ1) is 28.5. The van der Waals surface area contributed by atoms with Crippen molar-refractivity contribution < 1.29 is 28.5 Å². The van der Waals surface area contributed by atoms with Crippen LogP contribution in [0.1, 0.15) is 117 Å². The zero-order valence-corrected chi connectivity index (χ0v) is 33.8. The highest BCUT2D eigenvalue weighted by atomic mass is 16.6. The number of carbonyl (C=O) groups is 2. The van der Waals surface area contributed by atoms with Gasteiger partial charge >= 0.3 is 11.9 Å². The number of aliphatic imine (C=N–C) groups is 1. The van der Waals surface area contributed by atoms with Gasteiger partial charge in [-0.25, -0.2) is 9.59 Å². The van der Waals surface area contributed by atoms with E-state index in [1.54, 1.807) is 72.9 Å². The SMILES string of the molecule is CCCCCCCCOc1ccc(C(=O)Oc2ccc(C=Nc3ccc(N=Nc4ccccc4)cc3)cc2OC(=O)c2ccc(OCCCCCCCC)cc2)cc1. The summed E-state index contributed by atoms with van der Waals surface area (Å²) in [6, 6.07) is 35.5. The van der Waals surface area contributed by atoms with Crippen LogP contribution in [-0.2, 0) is 0 Å². The molecule has 0 saturated heterocycles. The van der Waals surface area contributed by atoms with E-state index in [4.69, 9.17) is 18.9 Å². The van der Waals surface area contributed by atoms with Crippen LogP contribution < -0.4 is 18.9 Å². The molecule has 0 amide bonds. The molecular weight excluding hydrogens is 727 g/mol. The monoisotopic (exact) mass is 781 g/mol. The van der Waals surface area contributed by atoms with Gasteiger partial charge in [0.1, 0.15) is 11.5 Å². The van der Waals surface area contributed by atoms with E-state index in [1.165, 1.54) is 51.4 Å².